The van der Waals surface area contributed by atoms with Crippen molar-refractivity contribution in [2.45, 2.75) is 44.1 Å². The van der Waals surface area contributed by atoms with Gasteiger partial charge in [0.2, 0.25) is 5.91 Å². The highest BCUT2D eigenvalue weighted by Crippen LogP contribution is 2.38. The van der Waals surface area contributed by atoms with Crippen LogP contribution in [-0.4, -0.2) is 61.1 Å². The van der Waals surface area contributed by atoms with Gasteiger partial charge in [-0.1, -0.05) is 30.7 Å². The minimum absolute atomic E-state index is 0.341. The molecule has 0 saturated carbocycles. The third-order valence-electron chi connectivity index (χ3n) is 6.42. The van der Waals surface area contributed by atoms with Crippen molar-refractivity contribution >= 4 is 5.91 Å². The molecule has 0 radical (unpaired) electrons. The zero-order valence-electron chi connectivity index (χ0n) is 15.4. The van der Waals surface area contributed by atoms with Crippen molar-refractivity contribution in [3.05, 3.63) is 35.4 Å². The summed E-state index contributed by atoms with van der Waals surface area (Å²) in [7, 11) is 1.76. The molecule has 4 rings (SSSR count). The molecule has 0 bridgehead atoms. The van der Waals surface area contributed by atoms with E-state index in [0.29, 0.717) is 11.8 Å². The molecule has 1 unspecified atom stereocenters. The lowest BCUT2D eigenvalue weighted by molar-refractivity contribution is -0.144. The minimum Gasteiger partial charge on any atom is -0.384 e. The molecule has 2 aliphatic heterocycles. The van der Waals surface area contributed by atoms with E-state index in [1.165, 1.54) is 30.4 Å². The van der Waals surface area contributed by atoms with Crippen LogP contribution in [0.4, 0.5) is 0 Å². The second kappa shape index (κ2) is 7.08. The number of ether oxygens (including phenoxy) is 1. The smallest absolute Gasteiger partial charge is 0.243 e. The number of likely N-dealkylation sites (tertiary alicyclic amines) is 2. The molecule has 1 atom stereocenters. The van der Waals surface area contributed by atoms with Gasteiger partial charge in [-0.15, -0.1) is 0 Å². The minimum atomic E-state index is -0.341. The van der Waals surface area contributed by atoms with Crippen molar-refractivity contribution in [1.82, 2.24) is 9.80 Å². The van der Waals surface area contributed by atoms with E-state index in [-0.39, 0.29) is 5.54 Å². The number of carbonyl (C=O) groups is 1. The van der Waals surface area contributed by atoms with Crippen LogP contribution in [0.15, 0.2) is 24.3 Å². The highest BCUT2D eigenvalue weighted by molar-refractivity contribution is 5.88. The lowest BCUT2D eigenvalue weighted by Gasteiger charge is -2.44. The molecular weight excluding hydrogens is 312 g/mol. The number of nitrogens with zero attached hydrogens (tertiary/aromatic N) is 2. The molecule has 1 aromatic carbocycles. The molecule has 1 amide bonds. The molecule has 25 heavy (non-hydrogen) atoms. The van der Waals surface area contributed by atoms with E-state index in [4.69, 9.17) is 4.74 Å². The Labute approximate surface area is 151 Å². The lowest BCUT2D eigenvalue weighted by atomic mass is 9.89. The molecule has 136 valence electrons. The second-order valence-corrected chi connectivity index (χ2v) is 8.06. The van der Waals surface area contributed by atoms with Gasteiger partial charge in [-0.25, -0.2) is 0 Å². The summed E-state index contributed by atoms with van der Waals surface area (Å²) in [5, 5.41) is 0. The fourth-order valence-corrected chi connectivity index (χ4v) is 5.11. The van der Waals surface area contributed by atoms with Crippen LogP contribution in [0.1, 0.15) is 36.8 Å². The molecule has 1 aliphatic carbocycles. The van der Waals surface area contributed by atoms with Crippen LogP contribution in [0.3, 0.4) is 0 Å². The van der Waals surface area contributed by atoms with Gasteiger partial charge in [0.1, 0.15) is 5.54 Å². The van der Waals surface area contributed by atoms with Crippen molar-refractivity contribution in [2.24, 2.45) is 5.92 Å². The predicted molar refractivity (Wildman–Crippen MR) is 98.6 cm³/mol. The van der Waals surface area contributed by atoms with Crippen molar-refractivity contribution < 1.29 is 9.53 Å². The van der Waals surface area contributed by atoms with Crippen molar-refractivity contribution in [1.29, 1.82) is 0 Å². The quantitative estimate of drug-likeness (QED) is 0.843. The van der Waals surface area contributed by atoms with Gasteiger partial charge in [-0.2, -0.15) is 0 Å². The van der Waals surface area contributed by atoms with Gasteiger partial charge in [0.15, 0.2) is 0 Å². The largest absolute Gasteiger partial charge is 0.384 e. The lowest BCUT2D eigenvalue weighted by Crippen LogP contribution is -2.61. The Hall–Kier alpha value is -1.39. The molecular formula is C21H30N2O2. The van der Waals surface area contributed by atoms with Crippen LogP contribution in [0.2, 0.25) is 0 Å². The number of hydrogen-bond acceptors (Lipinski definition) is 3. The maximum atomic E-state index is 13.7. The summed E-state index contributed by atoms with van der Waals surface area (Å²) < 4.78 is 5.32. The summed E-state index contributed by atoms with van der Waals surface area (Å²) in [5.41, 5.74) is 2.40. The Kier molecular flexibility index (Phi) is 4.83. The molecule has 3 aliphatic rings. The highest BCUT2D eigenvalue weighted by atomic mass is 16.5. The van der Waals surface area contributed by atoms with Crippen molar-refractivity contribution in [3.63, 3.8) is 0 Å². The Balaban J connectivity index is 1.59. The average molecular weight is 342 g/mol. The summed E-state index contributed by atoms with van der Waals surface area (Å²) in [5.74, 6) is 0.861. The van der Waals surface area contributed by atoms with Gasteiger partial charge in [0, 0.05) is 39.0 Å². The zero-order valence-corrected chi connectivity index (χ0v) is 15.4. The fourth-order valence-electron chi connectivity index (χ4n) is 5.11. The Morgan fingerprint density at radius 2 is 1.80 bits per heavy atom. The van der Waals surface area contributed by atoms with E-state index in [1.807, 2.05) is 0 Å². The van der Waals surface area contributed by atoms with Crippen LogP contribution >= 0.6 is 0 Å². The number of carbonyl (C=O) groups excluding carboxylic acids is 1. The first-order chi connectivity index (χ1) is 12.2. The standard InChI is InChI=1S/C21H30N2O2/c1-25-16-17-9-12-22(15-17)20(24)21(23-10-5-2-6-11-23)13-18-7-3-4-8-19(18)14-21/h3-4,7-8,17H,2,5-6,9-16H2,1H3. The van der Waals surface area contributed by atoms with Gasteiger partial charge in [-0.3, -0.25) is 9.69 Å². The van der Waals surface area contributed by atoms with E-state index in [9.17, 15) is 4.79 Å². The molecule has 4 heteroatoms. The zero-order chi connectivity index (χ0) is 17.3. The van der Waals surface area contributed by atoms with E-state index in [0.717, 1.165) is 52.0 Å². The van der Waals surface area contributed by atoms with Gasteiger partial charge in [-0.05, 0) is 43.5 Å². The highest BCUT2D eigenvalue weighted by Gasteiger charge is 2.50. The third-order valence-corrected chi connectivity index (χ3v) is 6.42. The van der Waals surface area contributed by atoms with Crippen LogP contribution in [0, 0.1) is 5.92 Å². The fraction of sp³-hybridized carbons (Fsp3) is 0.667. The molecule has 2 saturated heterocycles. The van der Waals surface area contributed by atoms with Crippen LogP contribution in [0.5, 0.6) is 0 Å². The first-order valence-corrected chi connectivity index (χ1v) is 9.83. The Morgan fingerprint density at radius 3 is 2.44 bits per heavy atom. The Bertz CT molecular complexity index is 599. The number of piperidine rings is 1. The first-order valence-electron chi connectivity index (χ1n) is 9.83. The van der Waals surface area contributed by atoms with E-state index >= 15 is 0 Å². The number of benzene rings is 1. The normalized spacial score (nSPS) is 26.0. The molecule has 4 nitrogen and oxygen atoms in total. The monoisotopic (exact) mass is 342 g/mol. The van der Waals surface area contributed by atoms with Crippen LogP contribution in [0.25, 0.3) is 0 Å². The SMILES string of the molecule is COCC1CCN(C(=O)C2(N3CCCCC3)Cc3ccccc3C2)C1. The van der Waals surface area contributed by atoms with Gasteiger partial charge in [0.05, 0.1) is 6.61 Å². The molecule has 0 N–H and O–H groups in total. The maximum Gasteiger partial charge on any atom is 0.243 e. The summed E-state index contributed by atoms with van der Waals surface area (Å²) in [6.07, 6.45) is 6.58. The topological polar surface area (TPSA) is 32.8 Å². The summed E-state index contributed by atoms with van der Waals surface area (Å²) >= 11 is 0. The molecule has 0 aromatic heterocycles. The third kappa shape index (κ3) is 3.11. The van der Waals surface area contributed by atoms with Gasteiger partial charge in [0.25, 0.3) is 0 Å². The number of rotatable bonds is 4. The van der Waals surface area contributed by atoms with Crippen LogP contribution < -0.4 is 0 Å². The number of hydrogen-bond donors (Lipinski definition) is 0. The maximum absolute atomic E-state index is 13.7. The van der Waals surface area contributed by atoms with Gasteiger partial charge < -0.3 is 9.64 Å². The van der Waals surface area contributed by atoms with E-state index in [2.05, 4.69) is 34.1 Å². The van der Waals surface area contributed by atoms with Gasteiger partial charge >= 0.3 is 0 Å². The average Bonchev–Trinajstić information content (AvgIpc) is 3.27. The molecule has 0 spiro atoms. The number of methoxy groups -OCH3 is 1. The second-order valence-electron chi connectivity index (χ2n) is 8.06. The van der Waals surface area contributed by atoms with E-state index in [1.54, 1.807) is 7.11 Å². The Morgan fingerprint density at radius 1 is 1.12 bits per heavy atom. The van der Waals surface area contributed by atoms with Crippen LogP contribution in [-0.2, 0) is 22.4 Å². The van der Waals surface area contributed by atoms with Crippen molar-refractivity contribution in [3.8, 4) is 0 Å². The molecule has 2 heterocycles. The molecule has 1 aromatic rings. The number of amides is 1. The van der Waals surface area contributed by atoms with E-state index < -0.39 is 0 Å². The summed E-state index contributed by atoms with van der Waals surface area (Å²) in [6.45, 7) is 4.64. The van der Waals surface area contributed by atoms with Crippen molar-refractivity contribution in [2.75, 3.05) is 39.9 Å². The summed E-state index contributed by atoms with van der Waals surface area (Å²) in [6, 6.07) is 8.65. The first kappa shape index (κ1) is 17.0. The number of fused-ring (bicyclic) bond motifs is 1. The predicted octanol–water partition coefficient (Wildman–Crippen LogP) is 2.50. The molecule has 2 fully saturated rings. The summed E-state index contributed by atoms with van der Waals surface area (Å²) in [4.78, 5) is 18.4.